The average molecular weight is 346 g/mol. The van der Waals surface area contributed by atoms with Gasteiger partial charge in [0.1, 0.15) is 16.5 Å². The Morgan fingerprint density at radius 1 is 1.35 bits per heavy atom. The van der Waals surface area contributed by atoms with Crippen LogP contribution in [-0.4, -0.2) is 37.9 Å². The van der Waals surface area contributed by atoms with Crippen molar-refractivity contribution in [2.75, 3.05) is 6.54 Å². The molecule has 0 aliphatic carbocycles. The Balaban J connectivity index is 2.14. The molecule has 0 aromatic heterocycles. The van der Waals surface area contributed by atoms with E-state index >= 15 is 0 Å². The van der Waals surface area contributed by atoms with Gasteiger partial charge in [-0.1, -0.05) is 0 Å². The number of benzene rings is 1. The van der Waals surface area contributed by atoms with Gasteiger partial charge in [0.15, 0.2) is 0 Å². The van der Waals surface area contributed by atoms with Crippen LogP contribution in [0.15, 0.2) is 23.1 Å². The molecule has 128 valence electrons. The summed E-state index contributed by atoms with van der Waals surface area (Å²) in [5.41, 5.74) is 0. The molecule has 1 aliphatic rings. The predicted molar refractivity (Wildman–Crippen MR) is 81.2 cm³/mol. The molecule has 1 saturated heterocycles. The van der Waals surface area contributed by atoms with E-state index < -0.39 is 32.6 Å². The van der Waals surface area contributed by atoms with E-state index in [0.717, 1.165) is 31.4 Å². The maximum Gasteiger partial charge on any atom is 0.244 e. The Morgan fingerprint density at radius 2 is 2.04 bits per heavy atom. The fourth-order valence-electron chi connectivity index (χ4n) is 2.71. The number of nitrogens with zero attached hydrogens (tertiary/aromatic N) is 1. The normalized spacial score (nSPS) is 20.3. The summed E-state index contributed by atoms with van der Waals surface area (Å²) < 4.78 is 53.1. The minimum atomic E-state index is -4.25. The van der Waals surface area contributed by atoms with Crippen molar-refractivity contribution in [1.29, 1.82) is 0 Å². The molecule has 1 heterocycles. The zero-order valence-corrected chi connectivity index (χ0v) is 13.9. The average Bonchev–Trinajstić information content (AvgIpc) is 2.46. The van der Waals surface area contributed by atoms with Gasteiger partial charge in [0, 0.05) is 18.7 Å². The summed E-state index contributed by atoms with van der Waals surface area (Å²) in [5.74, 6) is -2.40. The number of amides is 1. The van der Waals surface area contributed by atoms with E-state index in [2.05, 4.69) is 4.72 Å². The highest BCUT2D eigenvalue weighted by Gasteiger charge is 2.30. The van der Waals surface area contributed by atoms with Gasteiger partial charge in [-0.05, 0) is 45.2 Å². The number of piperidine rings is 1. The minimum absolute atomic E-state index is 0.0470. The molecule has 1 aliphatic heterocycles. The third-order valence-electron chi connectivity index (χ3n) is 3.97. The monoisotopic (exact) mass is 346 g/mol. The zero-order chi connectivity index (χ0) is 17.2. The fourth-order valence-corrected chi connectivity index (χ4v) is 3.97. The van der Waals surface area contributed by atoms with Gasteiger partial charge in [0.05, 0.1) is 6.04 Å². The molecule has 5 nitrogen and oxygen atoms in total. The lowest BCUT2D eigenvalue weighted by molar-refractivity contribution is -0.135. The van der Waals surface area contributed by atoms with Crippen LogP contribution in [0.2, 0.25) is 0 Å². The fraction of sp³-hybridized carbons (Fsp3) is 0.533. The van der Waals surface area contributed by atoms with Crippen LogP contribution in [0.5, 0.6) is 0 Å². The topological polar surface area (TPSA) is 66.5 Å². The number of carbonyl (C=O) groups is 1. The molecular formula is C15H20F2N2O3S. The second-order valence-electron chi connectivity index (χ2n) is 5.79. The Morgan fingerprint density at radius 3 is 2.65 bits per heavy atom. The zero-order valence-electron chi connectivity index (χ0n) is 13.1. The molecule has 1 aromatic rings. The van der Waals surface area contributed by atoms with Crippen LogP contribution < -0.4 is 4.72 Å². The predicted octanol–water partition coefficient (Wildman–Crippen LogP) is 2.03. The lowest BCUT2D eigenvalue weighted by atomic mass is 10.0. The molecule has 0 saturated carbocycles. The number of hydrogen-bond donors (Lipinski definition) is 1. The van der Waals surface area contributed by atoms with Crippen LogP contribution in [0.25, 0.3) is 0 Å². The second kappa shape index (κ2) is 6.92. The van der Waals surface area contributed by atoms with Crippen molar-refractivity contribution in [2.45, 2.75) is 50.1 Å². The lowest BCUT2D eigenvalue weighted by Gasteiger charge is -2.35. The van der Waals surface area contributed by atoms with Crippen molar-refractivity contribution in [3.63, 3.8) is 0 Å². The third-order valence-corrected chi connectivity index (χ3v) is 5.55. The SMILES string of the molecule is C[C@H](NS(=O)(=O)c1ccc(F)cc1F)C(=O)N1CCCC[C@H]1C. The molecule has 1 N–H and O–H groups in total. The van der Waals surface area contributed by atoms with Gasteiger partial charge >= 0.3 is 0 Å². The molecule has 8 heteroatoms. The van der Waals surface area contributed by atoms with Crippen molar-refractivity contribution >= 4 is 15.9 Å². The highest BCUT2D eigenvalue weighted by molar-refractivity contribution is 7.89. The number of likely N-dealkylation sites (tertiary alicyclic amines) is 1. The maximum atomic E-state index is 13.7. The van der Waals surface area contributed by atoms with Crippen molar-refractivity contribution < 1.29 is 22.0 Å². The number of halogens is 2. The van der Waals surface area contributed by atoms with E-state index in [1.165, 1.54) is 6.92 Å². The van der Waals surface area contributed by atoms with Crippen molar-refractivity contribution in [3.05, 3.63) is 29.8 Å². The first kappa shape index (κ1) is 17.8. The summed E-state index contributed by atoms with van der Waals surface area (Å²) in [6.07, 6.45) is 2.78. The van der Waals surface area contributed by atoms with Crippen LogP contribution in [0.4, 0.5) is 8.78 Å². The van der Waals surface area contributed by atoms with Gasteiger partial charge in [0.25, 0.3) is 0 Å². The van der Waals surface area contributed by atoms with Crippen molar-refractivity contribution in [1.82, 2.24) is 9.62 Å². The highest BCUT2D eigenvalue weighted by Crippen LogP contribution is 2.19. The van der Waals surface area contributed by atoms with Crippen molar-refractivity contribution in [2.24, 2.45) is 0 Å². The Hall–Kier alpha value is -1.54. The molecule has 0 bridgehead atoms. The van der Waals surface area contributed by atoms with Gasteiger partial charge < -0.3 is 4.90 Å². The molecular weight excluding hydrogens is 326 g/mol. The van der Waals surface area contributed by atoms with Crippen LogP contribution in [0.3, 0.4) is 0 Å². The van der Waals surface area contributed by atoms with Gasteiger partial charge in [-0.25, -0.2) is 17.2 Å². The van der Waals surface area contributed by atoms with E-state index in [1.807, 2.05) is 6.92 Å². The Bertz CT molecular complexity index is 694. The van der Waals surface area contributed by atoms with E-state index in [1.54, 1.807) is 4.90 Å². The van der Waals surface area contributed by atoms with E-state index in [-0.39, 0.29) is 11.9 Å². The first-order valence-corrected chi connectivity index (χ1v) is 8.98. The summed E-state index contributed by atoms with van der Waals surface area (Å²) in [6, 6.07) is 1.22. The Kier molecular flexibility index (Phi) is 5.36. The second-order valence-corrected chi connectivity index (χ2v) is 7.48. The van der Waals surface area contributed by atoms with Crippen molar-refractivity contribution in [3.8, 4) is 0 Å². The third kappa shape index (κ3) is 4.06. The molecule has 1 aromatic carbocycles. The van der Waals surface area contributed by atoms with E-state index in [0.29, 0.717) is 12.6 Å². The molecule has 1 fully saturated rings. The van der Waals surface area contributed by atoms with Crippen LogP contribution in [0, 0.1) is 11.6 Å². The first-order valence-electron chi connectivity index (χ1n) is 7.50. The quantitative estimate of drug-likeness (QED) is 0.907. The number of rotatable bonds is 4. The molecule has 23 heavy (non-hydrogen) atoms. The number of sulfonamides is 1. The highest BCUT2D eigenvalue weighted by atomic mass is 32.2. The molecule has 0 radical (unpaired) electrons. The Labute approximate surface area is 134 Å². The number of carbonyl (C=O) groups excluding carboxylic acids is 1. The summed E-state index contributed by atoms with van der Waals surface area (Å²) >= 11 is 0. The first-order chi connectivity index (χ1) is 10.7. The molecule has 2 atom stereocenters. The lowest BCUT2D eigenvalue weighted by Crippen LogP contribution is -2.51. The largest absolute Gasteiger partial charge is 0.339 e. The summed E-state index contributed by atoms with van der Waals surface area (Å²) in [5, 5.41) is 0. The van der Waals surface area contributed by atoms with E-state index in [4.69, 9.17) is 0 Å². The van der Waals surface area contributed by atoms with Gasteiger partial charge in [-0.15, -0.1) is 0 Å². The number of nitrogens with one attached hydrogen (secondary N) is 1. The minimum Gasteiger partial charge on any atom is -0.339 e. The molecule has 2 rings (SSSR count). The smallest absolute Gasteiger partial charge is 0.244 e. The van der Waals surface area contributed by atoms with Gasteiger partial charge in [0.2, 0.25) is 15.9 Å². The number of hydrogen-bond acceptors (Lipinski definition) is 3. The summed E-state index contributed by atoms with van der Waals surface area (Å²) in [4.78, 5) is 13.4. The molecule has 0 spiro atoms. The van der Waals surface area contributed by atoms with Crippen LogP contribution >= 0.6 is 0 Å². The van der Waals surface area contributed by atoms with Gasteiger partial charge in [-0.3, -0.25) is 4.79 Å². The summed E-state index contributed by atoms with van der Waals surface area (Å²) in [7, 11) is -4.25. The van der Waals surface area contributed by atoms with Gasteiger partial charge in [-0.2, -0.15) is 4.72 Å². The maximum absolute atomic E-state index is 13.7. The standard InChI is InChI=1S/C15H20F2N2O3S/c1-10-5-3-4-8-19(10)15(20)11(2)18-23(21,22)14-7-6-12(16)9-13(14)17/h6-7,9-11,18H,3-5,8H2,1-2H3/t10-,11+/m1/s1. The van der Waals surface area contributed by atoms with Crippen LogP contribution in [-0.2, 0) is 14.8 Å². The molecule has 1 amide bonds. The van der Waals surface area contributed by atoms with E-state index in [9.17, 15) is 22.0 Å². The summed E-state index contributed by atoms with van der Waals surface area (Å²) in [6.45, 7) is 3.91. The van der Waals surface area contributed by atoms with Crippen LogP contribution in [0.1, 0.15) is 33.1 Å². The molecule has 0 unspecified atom stereocenters.